The molecule has 1 fully saturated rings. The third-order valence-electron chi connectivity index (χ3n) is 5.07. The van der Waals surface area contributed by atoms with Gasteiger partial charge in [-0.3, -0.25) is 0 Å². The maximum Gasteiger partial charge on any atom is 0.00894 e. The van der Waals surface area contributed by atoms with Crippen molar-refractivity contribution in [3.05, 3.63) is 71.8 Å². The summed E-state index contributed by atoms with van der Waals surface area (Å²) in [7, 11) is 0. The van der Waals surface area contributed by atoms with Gasteiger partial charge >= 0.3 is 0 Å². The Bertz CT molecular complexity index is 489. The molecule has 0 spiro atoms. The van der Waals surface area contributed by atoms with Gasteiger partial charge in [0.05, 0.1) is 0 Å². The van der Waals surface area contributed by atoms with Gasteiger partial charge in [-0.2, -0.15) is 0 Å². The van der Waals surface area contributed by atoms with Crippen LogP contribution in [-0.2, 0) is 0 Å². The third-order valence-corrected chi connectivity index (χ3v) is 5.07. The molecule has 0 heteroatoms. The molecule has 1 aliphatic rings. The second-order valence-corrected chi connectivity index (χ2v) is 6.74. The first-order chi connectivity index (χ1) is 10.3. The lowest BCUT2D eigenvalue weighted by Gasteiger charge is -2.20. The molecule has 2 aromatic carbocycles. The van der Waals surface area contributed by atoms with E-state index >= 15 is 0 Å². The molecule has 0 aromatic heterocycles. The smallest absolute Gasteiger partial charge is 0.00894 e. The van der Waals surface area contributed by atoms with Gasteiger partial charge in [-0.05, 0) is 42.2 Å². The minimum Gasteiger partial charge on any atom is -0.0625 e. The van der Waals surface area contributed by atoms with Crippen molar-refractivity contribution >= 4 is 0 Å². The Kier molecular flexibility index (Phi) is 4.75. The maximum absolute atomic E-state index is 2.41. The lowest BCUT2D eigenvalue weighted by Crippen LogP contribution is -2.04. The van der Waals surface area contributed by atoms with Crippen LogP contribution in [0.5, 0.6) is 0 Å². The molecule has 0 N–H and O–H groups in total. The molecule has 110 valence electrons. The summed E-state index contributed by atoms with van der Waals surface area (Å²) < 4.78 is 0. The molecule has 21 heavy (non-hydrogen) atoms. The summed E-state index contributed by atoms with van der Waals surface area (Å²) in [5, 5.41) is 0. The minimum absolute atomic E-state index is 0.559. The third kappa shape index (κ3) is 3.75. The largest absolute Gasteiger partial charge is 0.0625 e. The molecule has 0 aliphatic heterocycles. The summed E-state index contributed by atoms with van der Waals surface area (Å²) in [5.41, 5.74) is 2.93. The molecule has 1 saturated carbocycles. The Morgan fingerprint density at radius 3 is 1.90 bits per heavy atom. The van der Waals surface area contributed by atoms with Crippen molar-refractivity contribution in [2.75, 3.05) is 0 Å². The standard InChI is InChI=1S/C21H26/c1-17-12-13-18(16-17)14-15-21(19-8-4-2-5-9-19)20-10-6-3-7-11-20/h2-11,17-18,21H,12-16H2,1H3. The van der Waals surface area contributed by atoms with E-state index in [9.17, 15) is 0 Å². The van der Waals surface area contributed by atoms with Gasteiger partial charge < -0.3 is 0 Å². The Hall–Kier alpha value is -1.56. The van der Waals surface area contributed by atoms with E-state index in [2.05, 4.69) is 67.6 Å². The molecule has 0 saturated heterocycles. The zero-order valence-electron chi connectivity index (χ0n) is 13.0. The van der Waals surface area contributed by atoms with Crippen molar-refractivity contribution < 1.29 is 0 Å². The molecule has 1 aliphatic carbocycles. The highest BCUT2D eigenvalue weighted by atomic mass is 14.3. The highest BCUT2D eigenvalue weighted by Crippen LogP contribution is 2.37. The fourth-order valence-electron chi connectivity index (χ4n) is 3.89. The highest BCUT2D eigenvalue weighted by molar-refractivity contribution is 5.32. The Morgan fingerprint density at radius 2 is 1.43 bits per heavy atom. The van der Waals surface area contributed by atoms with Crippen LogP contribution in [0.3, 0.4) is 0 Å². The fraction of sp³-hybridized carbons (Fsp3) is 0.429. The first-order valence-electron chi connectivity index (χ1n) is 8.43. The second-order valence-electron chi connectivity index (χ2n) is 6.74. The molecular formula is C21H26. The van der Waals surface area contributed by atoms with Gasteiger partial charge in [0.25, 0.3) is 0 Å². The van der Waals surface area contributed by atoms with Gasteiger partial charge in [0, 0.05) is 5.92 Å². The molecule has 3 rings (SSSR count). The van der Waals surface area contributed by atoms with Crippen molar-refractivity contribution in [3.63, 3.8) is 0 Å². The van der Waals surface area contributed by atoms with E-state index in [0.717, 1.165) is 11.8 Å². The quantitative estimate of drug-likeness (QED) is 0.626. The number of benzene rings is 2. The van der Waals surface area contributed by atoms with Gasteiger partial charge in [0.1, 0.15) is 0 Å². The zero-order chi connectivity index (χ0) is 14.5. The lowest BCUT2D eigenvalue weighted by atomic mass is 9.84. The topological polar surface area (TPSA) is 0 Å². The first-order valence-corrected chi connectivity index (χ1v) is 8.43. The summed E-state index contributed by atoms with van der Waals surface area (Å²) in [6, 6.07) is 22.1. The van der Waals surface area contributed by atoms with Crippen LogP contribution in [0.25, 0.3) is 0 Å². The monoisotopic (exact) mass is 278 g/mol. The van der Waals surface area contributed by atoms with Gasteiger partial charge in [-0.1, -0.05) is 80.4 Å². The maximum atomic E-state index is 2.41. The predicted molar refractivity (Wildman–Crippen MR) is 90.5 cm³/mol. The Labute approximate surface area is 129 Å². The van der Waals surface area contributed by atoms with Gasteiger partial charge in [0.2, 0.25) is 0 Å². The van der Waals surface area contributed by atoms with Crippen LogP contribution in [0, 0.1) is 11.8 Å². The first kappa shape index (κ1) is 14.4. The van der Waals surface area contributed by atoms with Crippen molar-refractivity contribution in [2.45, 2.75) is 44.9 Å². The van der Waals surface area contributed by atoms with Crippen molar-refractivity contribution in [1.82, 2.24) is 0 Å². The van der Waals surface area contributed by atoms with Crippen LogP contribution in [0.4, 0.5) is 0 Å². The Balaban J connectivity index is 1.74. The van der Waals surface area contributed by atoms with Crippen LogP contribution in [0.15, 0.2) is 60.7 Å². The number of hydrogen-bond acceptors (Lipinski definition) is 0. The molecule has 0 bridgehead atoms. The van der Waals surface area contributed by atoms with Crippen LogP contribution < -0.4 is 0 Å². The van der Waals surface area contributed by atoms with E-state index < -0.39 is 0 Å². The van der Waals surface area contributed by atoms with Gasteiger partial charge in [-0.15, -0.1) is 0 Å². The molecule has 0 amide bonds. The Morgan fingerprint density at radius 1 is 0.857 bits per heavy atom. The minimum atomic E-state index is 0.559. The van der Waals surface area contributed by atoms with E-state index in [4.69, 9.17) is 0 Å². The van der Waals surface area contributed by atoms with E-state index in [1.54, 1.807) is 0 Å². The average Bonchev–Trinajstić information content (AvgIpc) is 2.95. The molecule has 0 radical (unpaired) electrons. The molecular weight excluding hydrogens is 252 g/mol. The molecule has 2 unspecified atom stereocenters. The molecule has 2 atom stereocenters. The van der Waals surface area contributed by atoms with Crippen LogP contribution in [-0.4, -0.2) is 0 Å². The molecule has 0 heterocycles. The average molecular weight is 278 g/mol. The van der Waals surface area contributed by atoms with Crippen LogP contribution >= 0.6 is 0 Å². The van der Waals surface area contributed by atoms with E-state index in [0.29, 0.717) is 5.92 Å². The summed E-state index contributed by atoms with van der Waals surface area (Å²) >= 11 is 0. The zero-order valence-corrected chi connectivity index (χ0v) is 13.0. The van der Waals surface area contributed by atoms with E-state index in [1.165, 1.54) is 43.2 Å². The van der Waals surface area contributed by atoms with Gasteiger partial charge in [0.15, 0.2) is 0 Å². The van der Waals surface area contributed by atoms with Crippen molar-refractivity contribution in [1.29, 1.82) is 0 Å². The summed E-state index contributed by atoms with van der Waals surface area (Å²) in [5.74, 6) is 2.46. The van der Waals surface area contributed by atoms with Crippen molar-refractivity contribution in [3.8, 4) is 0 Å². The normalized spacial score (nSPS) is 21.8. The SMILES string of the molecule is CC1CCC(CCC(c2ccccc2)c2ccccc2)C1. The molecule has 0 nitrogen and oxygen atoms in total. The van der Waals surface area contributed by atoms with Crippen LogP contribution in [0.1, 0.15) is 56.1 Å². The fourth-order valence-corrected chi connectivity index (χ4v) is 3.89. The summed E-state index contributed by atoms with van der Waals surface area (Å²) in [6.07, 6.45) is 6.98. The van der Waals surface area contributed by atoms with Crippen LogP contribution in [0.2, 0.25) is 0 Å². The highest BCUT2D eigenvalue weighted by Gasteiger charge is 2.23. The van der Waals surface area contributed by atoms with Gasteiger partial charge in [-0.25, -0.2) is 0 Å². The molecule has 2 aromatic rings. The number of hydrogen-bond donors (Lipinski definition) is 0. The predicted octanol–water partition coefficient (Wildman–Crippen LogP) is 6.03. The second kappa shape index (κ2) is 6.93. The van der Waals surface area contributed by atoms with E-state index in [1.807, 2.05) is 0 Å². The lowest BCUT2D eigenvalue weighted by molar-refractivity contribution is 0.451. The summed E-state index contributed by atoms with van der Waals surface area (Å²) in [4.78, 5) is 0. The summed E-state index contributed by atoms with van der Waals surface area (Å²) in [6.45, 7) is 2.41. The van der Waals surface area contributed by atoms with Crippen molar-refractivity contribution in [2.24, 2.45) is 11.8 Å². The van der Waals surface area contributed by atoms with E-state index in [-0.39, 0.29) is 0 Å². The number of rotatable bonds is 5.